The van der Waals surface area contributed by atoms with E-state index in [2.05, 4.69) is 20.4 Å². The van der Waals surface area contributed by atoms with Gasteiger partial charge in [0.25, 0.3) is 17.6 Å². The molecule has 6 rings (SSSR count). The number of hydrogen-bond donors (Lipinski definition) is 2. The second kappa shape index (κ2) is 11.3. The number of benzene rings is 3. The van der Waals surface area contributed by atoms with Gasteiger partial charge in [0.15, 0.2) is 0 Å². The minimum atomic E-state index is -0.865. The molecule has 0 aliphatic carbocycles. The zero-order chi connectivity index (χ0) is 30.1. The zero-order valence-electron chi connectivity index (χ0n) is 22.7. The monoisotopic (exact) mass is 580 g/mol. The molecule has 0 atom stereocenters. The van der Waals surface area contributed by atoms with Crippen LogP contribution < -0.4 is 5.73 Å². The van der Waals surface area contributed by atoms with Gasteiger partial charge in [0.1, 0.15) is 5.82 Å². The summed E-state index contributed by atoms with van der Waals surface area (Å²) in [5.74, 6) is -2.86. The summed E-state index contributed by atoms with van der Waals surface area (Å²) in [5, 5.41) is 12.5. The molecular weight excluding hydrogens is 555 g/mol. The van der Waals surface area contributed by atoms with Gasteiger partial charge in [0.2, 0.25) is 11.7 Å². The van der Waals surface area contributed by atoms with Gasteiger partial charge in [0.05, 0.1) is 17.6 Å². The number of aromatic amines is 1. The number of rotatable bonds is 7. The first-order valence-corrected chi connectivity index (χ1v) is 13.4. The Morgan fingerprint density at radius 3 is 2.35 bits per heavy atom. The molecule has 0 radical (unpaired) electrons. The molecule has 216 valence electrons. The van der Waals surface area contributed by atoms with Crippen LogP contribution in [0.5, 0.6) is 0 Å². The molecule has 43 heavy (non-hydrogen) atoms. The van der Waals surface area contributed by atoms with Crippen molar-refractivity contribution >= 4 is 34.4 Å². The quantitative estimate of drug-likeness (QED) is 0.221. The minimum Gasteiger partial charge on any atom is -0.366 e. The smallest absolute Gasteiger partial charge is 0.295 e. The van der Waals surface area contributed by atoms with Gasteiger partial charge in [0, 0.05) is 54.5 Å². The van der Waals surface area contributed by atoms with E-state index in [1.165, 1.54) is 28.0 Å². The summed E-state index contributed by atoms with van der Waals surface area (Å²) < 4.78 is 15.1. The van der Waals surface area contributed by atoms with Crippen molar-refractivity contribution in [3.05, 3.63) is 101 Å². The van der Waals surface area contributed by atoms with Crippen molar-refractivity contribution in [2.75, 3.05) is 26.2 Å². The van der Waals surface area contributed by atoms with Crippen LogP contribution in [0.25, 0.3) is 22.3 Å². The number of carbonyl (C=O) groups is 4. The average molecular weight is 581 g/mol. The summed E-state index contributed by atoms with van der Waals surface area (Å²) in [6.07, 6.45) is 1.30. The number of fused-ring (bicyclic) bond motifs is 1. The van der Waals surface area contributed by atoms with Crippen LogP contribution >= 0.6 is 0 Å². The Morgan fingerprint density at radius 1 is 0.884 bits per heavy atom. The first-order valence-electron chi connectivity index (χ1n) is 13.4. The third-order valence-corrected chi connectivity index (χ3v) is 7.33. The summed E-state index contributed by atoms with van der Waals surface area (Å²) in [4.78, 5) is 57.9. The van der Waals surface area contributed by atoms with Crippen molar-refractivity contribution in [1.29, 1.82) is 0 Å². The van der Waals surface area contributed by atoms with E-state index in [4.69, 9.17) is 5.73 Å². The number of nitrogens with one attached hydrogen (secondary N) is 1. The third-order valence-electron chi connectivity index (χ3n) is 7.33. The highest BCUT2D eigenvalue weighted by atomic mass is 19.1. The molecule has 3 heterocycles. The van der Waals surface area contributed by atoms with E-state index in [0.29, 0.717) is 16.7 Å². The van der Waals surface area contributed by atoms with Crippen molar-refractivity contribution in [2.24, 2.45) is 5.73 Å². The number of nitrogens with two attached hydrogens (primary N) is 1. The van der Waals surface area contributed by atoms with Gasteiger partial charge in [-0.05, 0) is 47.2 Å². The summed E-state index contributed by atoms with van der Waals surface area (Å²) in [7, 11) is 0. The lowest BCUT2D eigenvalue weighted by atomic mass is 10.0. The summed E-state index contributed by atoms with van der Waals surface area (Å²) in [6.45, 7) is 1.09. The minimum absolute atomic E-state index is 0.0562. The molecular formula is C30H25FN8O4. The van der Waals surface area contributed by atoms with Gasteiger partial charge in [-0.25, -0.2) is 4.39 Å². The molecule has 3 amide bonds. The molecule has 2 aromatic heterocycles. The zero-order valence-corrected chi connectivity index (χ0v) is 22.7. The van der Waals surface area contributed by atoms with Crippen LogP contribution in [0.1, 0.15) is 36.6 Å². The molecule has 0 spiro atoms. The summed E-state index contributed by atoms with van der Waals surface area (Å²) >= 11 is 0. The van der Waals surface area contributed by atoms with Gasteiger partial charge in [-0.2, -0.15) is 4.80 Å². The fraction of sp³-hybridized carbons (Fsp3) is 0.167. The number of primary amides is 1. The molecule has 5 aromatic rings. The maximum atomic E-state index is 15.1. The number of H-pyrrole nitrogens is 1. The maximum absolute atomic E-state index is 15.1. The molecule has 0 bridgehead atoms. The average Bonchev–Trinajstić information content (AvgIpc) is 3.69. The molecule has 1 saturated heterocycles. The van der Waals surface area contributed by atoms with Gasteiger partial charge in [-0.1, -0.05) is 30.3 Å². The van der Waals surface area contributed by atoms with Gasteiger partial charge in [-0.3, -0.25) is 19.2 Å². The Balaban J connectivity index is 1.19. The number of piperazine rings is 1. The van der Waals surface area contributed by atoms with E-state index in [1.807, 2.05) is 6.07 Å². The van der Waals surface area contributed by atoms with Crippen LogP contribution in [0.2, 0.25) is 0 Å². The van der Waals surface area contributed by atoms with Crippen LogP contribution in [0, 0.1) is 5.82 Å². The van der Waals surface area contributed by atoms with E-state index in [9.17, 15) is 19.2 Å². The Morgan fingerprint density at radius 2 is 1.60 bits per heavy atom. The van der Waals surface area contributed by atoms with Crippen LogP contribution in [0.3, 0.4) is 0 Å². The highest BCUT2D eigenvalue weighted by molar-refractivity contribution is 6.45. The highest BCUT2D eigenvalue weighted by Gasteiger charge is 2.31. The number of nitrogens with zero attached hydrogens (tertiary/aromatic N) is 6. The molecule has 1 aliphatic heterocycles. The summed E-state index contributed by atoms with van der Waals surface area (Å²) in [6, 6.07) is 18.2. The van der Waals surface area contributed by atoms with Gasteiger partial charge in [-0.15, -0.1) is 10.2 Å². The fourth-order valence-corrected chi connectivity index (χ4v) is 5.11. The lowest BCUT2D eigenvalue weighted by Gasteiger charge is -2.34. The Bertz CT molecular complexity index is 1880. The van der Waals surface area contributed by atoms with E-state index in [0.717, 1.165) is 5.56 Å². The second-order valence-electron chi connectivity index (χ2n) is 10.0. The normalized spacial score (nSPS) is 13.3. The molecule has 1 aliphatic rings. The first kappa shape index (κ1) is 27.4. The van der Waals surface area contributed by atoms with Crippen molar-refractivity contribution in [3.63, 3.8) is 0 Å². The lowest BCUT2D eigenvalue weighted by molar-refractivity contribution is -0.127. The topological polar surface area (TPSA) is 160 Å². The first-order chi connectivity index (χ1) is 20.8. The van der Waals surface area contributed by atoms with Crippen LogP contribution in [-0.2, 0) is 11.3 Å². The highest BCUT2D eigenvalue weighted by Crippen LogP contribution is 2.30. The molecule has 3 N–H and O–H groups in total. The predicted molar refractivity (Wildman–Crippen MR) is 152 cm³/mol. The molecule has 12 nitrogen and oxygen atoms in total. The predicted octanol–water partition coefficient (Wildman–Crippen LogP) is 2.27. The van der Waals surface area contributed by atoms with Crippen molar-refractivity contribution in [1.82, 2.24) is 35.0 Å². The number of amides is 3. The Kier molecular flexibility index (Phi) is 7.20. The molecule has 1 fully saturated rings. The number of carbonyl (C=O) groups excluding carboxylic acids is 4. The molecule has 13 heteroatoms. The van der Waals surface area contributed by atoms with E-state index in [1.54, 1.807) is 53.4 Å². The molecule has 0 saturated carbocycles. The number of tetrazole rings is 1. The Labute approximate surface area is 243 Å². The SMILES string of the molecule is NC(=O)c1cccc(Cn2nnc(-c3ccc(F)c4c(C(=O)C(=O)N5CCN(C(=O)c6ccccc6)CC5)c[nH]c34)n2)c1. The molecule has 3 aromatic carbocycles. The van der Waals surface area contributed by atoms with Crippen molar-refractivity contribution in [3.8, 4) is 11.4 Å². The van der Waals surface area contributed by atoms with Crippen molar-refractivity contribution in [2.45, 2.75) is 6.54 Å². The van der Waals surface area contributed by atoms with E-state index in [-0.39, 0.29) is 60.9 Å². The van der Waals surface area contributed by atoms with E-state index >= 15 is 4.39 Å². The van der Waals surface area contributed by atoms with Gasteiger partial charge < -0.3 is 20.5 Å². The number of ketones is 1. The van der Waals surface area contributed by atoms with Crippen LogP contribution in [0.15, 0.2) is 72.9 Å². The van der Waals surface area contributed by atoms with E-state index < -0.39 is 23.4 Å². The second-order valence-corrected chi connectivity index (χ2v) is 10.0. The lowest BCUT2D eigenvalue weighted by Crippen LogP contribution is -2.52. The number of aromatic nitrogens is 5. The molecule has 0 unspecified atom stereocenters. The number of halogens is 1. The van der Waals surface area contributed by atoms with Gasteiger partial charge >= 0.3 is 0 Å². The third kappa shape index (κ3) is 5.35. The Hall–Kier alpha value is -5.72. The van der Waals surface area contributed by atoms with Crippen molar-refractivity contribution < 1.29 is 23.6 Å². The van der Waals surface area contributed by atoms with Crippen LogP contribution in [0.4, 0.5) is 4.39 Å². The number of Topliss-reactive ketones (excluding diaryl/α,β-unsaturated/α-hetero) is 1. The number of hydrogen-bond acceptors (Lipinski definition) is 7. The largest absolute Gasteiger partial charge is 0.366 e. The van der Waals surface area contributed by atoms with Crippen LogP contribution in [-0.4, -0.2) is 84.7 Å². The summed E-state index contributed by atoms with van der Waals surface area (Å²) in [5.41, 5.74) is 7.49. The fourth-order valence-electron chi connectivity index (χ4n) is 5.11. The maximum Gasteiger partial charge on any atom is 0.295 e. The standard InChI is InChI=1S/C30H25FN8O4/c31-23-10-9-21(28-34-36-39(35-28)17-18-5-4-8-20(15-18)27(32)41)25-24(23)22(16-33-25)26(40)30(43)38-13-11-37(12-14-38)29(42)19-6-2-1-3-7-19/h1-10,15-16,33H,11-14,17H2,(H2,32,41).